The summed E-state index contributed by atoms with van der Waals surface area (Å²) in [4.78, 5) is 26.2. The number of anilines is 1. The number of primary amides is 1. The zero-order chi connectivity index (χ0) is 18.7. The van der Waals surface area contributed by atoms with Crippen molar-refractivity contribution in [1.82, 2.24) is 4.90 Å². The second-order valence-corrected chi connectivity index (χ2v) is 6.42. The fraction of sp³-hybridized carbons (Fsp3) is 0.300. The van der Waals surface area contributed by atoms with Crippen LogP contribution in [-0.4, -0.2) is 30.5 Å². The van der Waals surface area contributed by atoms with Crippen molar-refractivity contribution in [1.29, 1.82) is 0 Å². The fourth-order valence-electron chi connectivity index (χ4n) is 3.44. The van der Waals surface area contributed by atoms with Gasteiger partial charge >= 0.3 is 6.03 Å². The number of ether oxygens (including phenoxy) is 1. The quantitative estimate of drug-likeness (QED) is 0.882. The van der Waals surface area contributed by atoms with Gasteiger partial charge in [-0.15, -0.1) is 0 Å². The molecule has 26 heavy (non-hydrogen) atoms. The van der Waals surface area contributed by atoms with Gasteiger partial charge in [-0.25, -0.2) is 4.79 Å². The van der Waals surface area contributed by atoms with E-state index < -0.39 is 5.91 Å². The lowest BCUT2D eigenvalue weighted by Gasteiger charge is -2.27. The fourth-order valence-corrected chi connectivity index (χ4v) is 3.44. The van der Waals surface area contributed by atoms with E-state index in [-0.39, 0.29) is 12.1 Å². The van der Waals surface area contributed by atoms with E-state index in [0.717, 1.165) is 18.4 Å². The number of urea groups is 1. The molecule has 2 aromatic rings. The molecule has 136 valence electrons. The van der Waals surface area contributed by atoms with Gasteiger partial charge in [0.15, 0.2) is 0 Å². The molecule has 0 radical (unpaired) electrons. The van der Waals surface area contributed by atoms with Gasteiger partial charge in [0.1, 0.15) is 5.75 Å². The van der Waals surface area contributed by atoms with Gasteiger partial charge in [0.05, 0.1) is 18.8 Å². The molecule has 1 fully saturated rings. The number of carbonyl (C=O) groups is 2. The van der Waals surface area contributed by atoms with Gasteiger partial charge in [-0.1, -0.05) is 24.3 Å². The van der Waals surface area contributed by atoms with E-state index >= 15 is 0 Å². The molecule has 1 unspecified atom stereocenters. The van der Waals surface area contributed by atoms with Crippen molar-refractivity contribution < 1.29 is 14.3 Å². The van der Waals surface area contributed by atoms with E-state index in [1.165, 1.54) is 18.7 Å². The number of likely N-dealkylation sites (tertiary alicyclic amines) is 1. The van der Waals surface area contributed by atoms with Crippen LogP contribution in [-0.2, 0) is 0 Å². The molecule has 0 aromatic heterocycles. The van der Waals surface area contributed by atoms with Gasteiger partial charge in [-0.2, -0.15) is 0 Å². The van der Waals surface area contributed by atoms with Crippen LogP contribution in [0.1, 0.15) is 40.4 Å². The summed E-state index contributed by atoms with van der Waals surface area (Å²) in [6.07, 6.45) is 1.88. The molecule has 2 aromatic carbocycles. The molecule has 0 saturated carbocycles. The predicted molar refractivity (Wildman–Crippen MR) is 100 cm³/mol. The maximum atomic E-state index is 12.9. The second-order valence-electron chi connectivity index (χ2n) is 6.42. The summed E-state index contributed by atoms with van der Waals surface area (Å²) in [7, 11) is 1.51. The first-order chi connectivity index (χ1) is 12.5. The van der Waals surface area contributed by atoms with Crippen LogP contribution in [0.3, 0.4) is 0 Å². The lowest BCUT2D eigenvalue weighted by Crippen LogP contribution is -2.34. The van der Waals surface area contributed by atoms with Crippen LogP contribution in [0, 0.1) is 6.92 Å². The van der Waals surface area contributed by atoms with Gasteiger partial charge in [-0.05, 0) is 49.1 Å². The van der Waals surface area contributed by atoms with Crippen LogP contribution >= 0.6 is 0 Å². The normalized spacial score (nSPS) is 16.4. The number of methoxy groups -OCH3 is 1. The number of rotatable bonds is 4. The summed E-state index contributed by atoms with van der Waals surface area (Å²) in [5.41, 5.74) is 8.43. The Morgan fingerprint density at radius 2 is 2.00 bits per heavy atom. The van der Waals surface area contributed by atoms with Crippen molar-refractivity contribution in [2.24, 2.45) is 5.73 Å². The Morgan fingerprint density at radius 3 is 2.69 bits per heavy atom. The van der Waals surface area contributed by atoms with E-state index in [0.29, 0.717) is 23.5 Å². The molecule has 0 aliphatic carbocycles. The number of nitrogens with two attached hydrogens (primary N) is 1. The molecule has 3 rings (SSSR count). The molecule has 6 heteroatoms. The molecule has 0 bridgehead atoms. The monoisotopic (exact) mass is 353 g/mol. The van der Waals surface area contributed by atoms with Crippen LogP contribution in [0.15, 0.2) is 42.5 Å². The molecule has 0 spiro atoms. The summed E-state index contributed by atoms with van der Waals surface area (Å²) in [5, 5.41) is 2.87. The van der Waals surface area contributed by atoms with Crippen LogP contribution < -0.4 is 15.8 Å². The number of hydrogen-bond acceptors (Lipinski definition) is 3. The predicted octanol–water partition coefficient (Wildman–Crippen LogP) is 3.47. The number of amides is 3. The van der Waals surface area contributed by atoms with Crippen molar-refractivity contribution in [2.75, 3.05) is 19.0 Å². The third-order valence-electron chi connectivity index (χ3n) is 4.79. The van der Waals surface area contributed by atoms with Crippen molar-refractivity contribution in [3.05, 3.63) is 59.2 Å². The summed E-state index contributed by atoms with van der Waals surface area (Å²) < 4.78 is 5.29. The number of carbonyl (C=O) groups excluding carboxylic acids is 2. The maximum Gasteiger partial charge on any atom is 0.322 e. The van der Waals surface area contributed by atoms with Crippen LogP contribution in [0.25, 0.3) is 0 Å². The first-order valence-electron chi connectivity index (χ1n) is 8.62. The van der Waals surface area contributed by atoms with Gasteiger partial charge in [0, 0.05) is 12.1 Å². The van der Waals surface area contributed by atoms with Crippen molar-refractivity contribution >= 4 is 17.6 Å². The highest BCUT2D eigenvalue weighted by Crippen LogP contribution is 2.35. The van der Waals surface area contributed by atoms with Crippen molar-refractivity contribution in [2.45, 2.75) is 25.8 Å². The smallest absolute Gasteiger partial charge is 0.322 e. The minimum Gasteiger partial charge on any atom is -0.495 e. The number of benzene rings is 2. The number of hydrogen-bond donors (Lipinski definition) is 2. The largest absolute Gasteiger partial charge is 0.495 e. The first-order valence-corrected chi connectivity index (χ1v) is 8.62. The zero-order valence-electron chi connectivity index (χ0n) is 15.0. The molecular formula is C20H23N3O3. The Hall–Kier alpha value is -3.02. The topological polar surface area (TPSA) is 84.7 Å². The summed E-state index contributed by atoms with van der Waals surface area (Å²) in [5.74, 6) is -0.0721. The van der Waals surface area contributed by atoms with E-state index in [2.05, 4.69) is 24.4 Å². The van der Waals surface area contributed by atoms with Crippen LogP contribution in [0.4, 0.5) is 10.5 Å². The van der Waals surface area contributed by atoms with Crippen LogP contribution in [0.5, 0.6) is 5.75 Å². The summed E-state index contributed by atoms with van der Waals surface area (Å²) in [6, 6.07) is 12.7. The average molecular weight is 353 g/mol. The van der Waals surface area contributed by atoms with Gasteiger partial charge in [0.2, 0.25) is 5.91 Å². The molecule has 3 N–H and O–H groups in total. The van der Waals surface area contributed by atoms with E-state index in [1.54, 1.807) is 12.1 Å². The highest BCUT2D eigenvalue weighted by Gasteiger charge is 2.31. The van der Waals surface area contributed by atoms with E-state index in [4.69, 9.17) is 10.5 Å². The standard InChI is InChI=1S/C20H23N3O3/c1-13-6-3-4-7-15(13)17-8-5-11-23(17)20(25)22-16-12-14(19(21)24)9-10-18(16)26-2/h3-4,6-7,9-10,12,17H,5,8,11H2,1-2H3,(H2,21,24)(H,22,25). The average Bonchev–Trinajstić information content (AvgIpc) is 3.11. The Kier molecular flexibility index (Phi) is 5.11. The molecule has 1 heterocycles. The molecule has 3 amide bonds. The first kappa shape index (κ1) is 17.8. The Balaban J connectivity index is 1.84. The number of aryl methyl sites for hydroxylation is 1. The van der Waals surface area contributed by atoms with Gasteiger partial charge < -0.3 is 20.7 Å². The van der Waals surface area contributed by atoms with Crippen molar-refractivity contribution in [3.63, 3.8) is 0 Å². The highest BCUT2D eigenvalue weighted by atomic mass is 16.5. The highest BCUT2D eigenvalue weighted by molar-refractivity contribution is 5.97. The molecule has 1 atom stereocenters. The SMILES string of the molecule is COc1ccc(C(N)=O)cc1NC(=O)N1CCCC1c1ccccc1C. The molecular weight excluding hydrogens is 330 g/mol. The van der Waals surface area contributed by atoms with Gasteiger partial charge in [0.25, 0.3) is 0 Å². The molecule has 1 saturated heterocycles. The van der Waals surface area contributed by atoms with E-state index in [1.807, 2.05) is 17.0 Å². The minimum absolute atomic E-state index is 0.0431. The Bertz CT molecular complexity index is 835. The van der Waals surface area contributed by atoms with Crippen LogP contribution in [0.2, 0.25) is 0 Å². The molecule has 1 aliphatic heterocycles. The van der Waals surface area contributed by atoms with Gasteiger partial charge in [-0.3, -0.25) is 4.79 Å². The van der Waals surface area contributed by atoms with Crippen molar-refractivity contribution in [3.8, 4) is 5.75 Å². The lowest BCUT2D eigenvalue weighted by atomic mass is 9.99. The Morgan fingerprint density at radius 1 is 1.23 bits per heavy atom. The molecule has 6 nitrogen and oxygen atoms in total. The maximum absolute atomic E-state index is 12.9. The Labute approximate surface area is 152 Å². The second kappa shape index (κ2) is 7.47. The minimum atomic E-state index is -0.554. The summed E-state index contributed by atoms with van der Waals surface area (Å²) >= 11 is 0. The lowest BCUT2D eigenvalue weighted by molar-refractivity contribution is 0.1000. The third kappa shape index (κ3) is 3.49. The zero-order valence-corrected chi connectivity index (χ0v) is 15.0. The van der Waals surface area contributed by atoms with E-state index in [9.17, 15) is 9.59 Å². The number of nitrogens with zero attached hydrogens (tertiary/aromatic N) is 1. The number of nitrogens with one attached hydrogen (secondary N) is 1. The third-order valence-corrected chi connectivity index (χ3v) is 4.79. The summed E-state index contributed by atoms with van der Waals surface area (Å²) in [6.45, 7) is 2.74. The molecule has 1 aliphatic rings.